The second kappa shape index (κ2) is 4.93. The molecule has 0 unspecified atom stereocenters. The monoisotopic (exact) mass is 268 g/mol. The van der Waals surface area contributed by atoms with Crippen LogP contribution in [0.5, 0.6) is 0 Å². The van der Waals surface area contributed by atoms with Gasteiger partial charge in [-0.25, -0.2) is 0 Å². The van der Waals surface area contributed by atoms with Crippen LogP contribution in [0, 0.1) is 5.41 Å². The summed E-state index contributed by atoms with van der Waals surface area (Å²) in [6.07, 6.45) is 1.19. The lowest BCUT2D eigenvalue weighted by molar-refractivity contribution is -0.120. The number of hydrogen-bond donors (Lipinski definition) is 0. The Morgan fingerprint density at radius 3 is 2.20 bits per heavy atom. The van der Waals surface area contributed by atoms with Crippen molar-refractivity contribution in [2.24, 2.45) is 5.41 Å². The van der Waals surface area contributed by atoms with Crippen molar-refractivity contribution in [2.45, 2.75) is 33.6 Å². The maximum absolute atomic E-state index is 11.7. The highest BCUT2D eigenvalue weighted by Crippen LogP contribution is 2.20. The van der Waals surface area contributed by atoms with Gasteiger partial charge in [-0.3, -0.25) is 4.79 Å². The molecule has 0 amide bonds. The predicted molar refractivity (Wildman–Crippen MR) is 66.9 cm³/mol. The van der Waals surface area contributed by atoms with Crippen LogP contribution >= 0.6 is 15.9 Å². The maximum Gasteiger partial charge on any atom is 0.137 e. The van der Waals surface area contributed by atoms with Gasteiger partial charge in [-0.05, 0) is 23.1 Å². The van der Waals surface area contributed by atoms with E-state index < -0.39 is 0 Å². The standard InChI is InChI=1S/C13H17BrO/c1-13(2,3)9-12(15)8-10-4-6-11(14)7-5-10/h4-7H,8-9H2,1-3H3. The Labute approximate surface area is 100 Å². The lowest BCUT2D eigenvalue weighted by atomic mass is 9.88. The fraction of sp³-hybridized carbons (Fsp3) is 0.462. The smallest absolute Gasteiger partial charge is 0.137 e. The van der Waals surface area contributed by atoms with E-state index in [0.29, 0.717) is 18.6 Å². The molecule has 1 aromatic rings. The third-order valence-electron chi connectivity index (χ3n) is 2.04. The first-order chi connectivity index (χ1) is 6.87. The van der Waals surface area contributed by atoms with Crippen molar-refractivity contribution in [1.82, 2.24) is 0 Å². The molecular weight excluding hydrogens is 252 g/mol. The predicted octanol–water partition coefficient (Wildman–Crippen LogP) is 4.00. The van der Waals surface area contributed by atoms with Gasteiger partial charge in [0.2, 0.25) is 0 Å². The minimum absolute atomic E-state index is 0.0897. The molecule has 1 rings (SSSR count). The first kappa shape index (κ1) is 12.4. The van der Waals surface area contributed by atoms with Crippen LogP contribution in [-0.4, -0.2) is 5.78 Å². The Morgan fingerprint density at radius 1 is 1.20 bits per heavy atom. The van der Waals surface area contributed by atoms with Crippen molar-refractivity contribution in [3.05, 3.63) is 34.3 Å². The molecule has 0 saturated carbocycles. The molecule has 0 aliphatic carbocycles. The fourth-order valence-electron chi connectivity index (χ4n) is 1.48. The van der Waals surface area contributed by atoms with Crippen LogP contribution in [-0.2, 0) is 11.2 Å². The zero-order chi connectivity index (χ0) is 11.5. The van der Waals surface area contributed by atoms with E-state index in [4.69, 9.17) is 0 Å². The van der Waals surface area contributed by atoms with Gasteiger partial charge in [-0.2, -0.15) is 0 Å². The van der Waals surface area contributed by atoms with E-state index in [9.17, 15) is 4.79 Å². The lowest BCUT2D eigenvalue weighted by Gasteiger charge is -2.16. The Balaban J connectivity index is 2.55. The Kier molecular flexibility index (Phi) is 4.09. The van der Waals surface area contributed by atoms with Gasteiger partial charge >= 0.3 is 0 Å². The summed E-state index contributed by atoms with van der Waals surface area (Å²) in [6.45, 7) is 6.27. The van der Waals surface area contributed by atoms with Crippen LogP contribution in [0.15, 0.2) is 28.7 Å². The molecule has 0 saturated heterocycles. The molecule has 0 fully saturated rings. The normalized spacial score (nSPS) is 11.5. The van der Waals surface area contributed by atoms with Crippen molar-refractivity contribution in [3.8, 4) is 0 Å². The molecule has 2 heteroatoms. The summed E-state index contributed by atoms with van der Waals surface area (Å²) in [5.74, 6) is 0.310. The highest BCUT2D eigenvalue weighted by molar-refractivity contribution is 9.10. The van der Waals surface area contributed by atoms with E-state index in [1.165, 1.54) is 0 Å². The molecule has 0 aliphatic heterocycles. The first-order valence-electron chi connectivity index (χ1n) is 5.13. The zero-order valence-electron chi connectivity index (χ0n) is 9.51. The number of hydrogen-bond acceptors (Lipinski definition) is 1. The summed E-state index contributed by atoms with van der Waals surface area (Å²) in [7, 11) is 0. The quantitative estimate of drug-likeness (QED) is 0.810. The van der Waals surface area contributed by atoms with Crippen molar-refractivity contribution in [1.29, 1.82) is 0 Å². The average Bonchev–Trinajstić information content (AvgIpc) is 2.05. The van der Waals surface area contributed by atoms with E-state index in [2.05, 4.69) is 36.7 Å². The van der Waals surface area contributed by atoms with E-state index in [0.717, 1.165) is 10.0 Å². The van der Waals surface area contributed by atoms with E-state index >= 15 is 0 Å². The molecule has 0 aliphatic rings. The van der Waals surface area contributed by atoms with E-state index in [1.807, 2.05) is 24.3 Å². The lowest BCUT2D eigenvalue weighted by Crippen LogP contribution is -2.14. The zero-order valence-corrected chi connectivity index (χ0v) is 11.1. The minimum Gasteiger partial charge on any atom is -0.299 e. The number of halogens is 1. The Hall–Kier alpha value is -0.630. The molecular formula is C13H17BrO. The molecule has 0 radical (unpaired) electrons. The Bertz CT molecular complexity index is 333. The molecule has 1 nitrogen and oxygen atoms in total. The Morgan fingerprint density at radius 2 is 1.73 bits per heavy atom. The van der Waals surface area contributed by atoms with Gasteiger partial charge < -0.3 is 0 Å². The first-order valence-corrected chi connectivity index (χ1v) is 5.92. The van der Waals surface area contributed by atoms with E-state index in [-0.39, 0.29) is 5.41 Å². The SMILES string of the molecule is CC(C)(C)CC(=O)Cc1ccc(Br)cc1. The largest absolute Gasteiger partial charge is 0.299 e. The number of rotatable bonds is 3. The number of ketones is 1. The van der Waals surface area contributed by atoms with Gasteiger partial charge in [-0.15, -0.1) is 0 Å². The molecule has 0 bridgehead atoms. The topological polar surface area (TPSA) is 17.1 Å². The molecule has 0 atom stereocenters. The number of carbonyl (C=O) groups is 1. The van der Waals surface area contributed by atoms with Gasteiger partial charge in [0.25, 0.3) is 0 Å². The van der Waals surface area contributed by atoms with Crippen LogP contribution in [0.2, 0.25) is 0 Å². The molecule has 15 heavy (non-hydrogen) atoms. The number of benzene rings is 1. The van der Waals surface area contributed by atoms with E-state index in [1.54, 1.807) is 0 Å². The molecule has 0 aromatic heterocycles. The van der Waals surface area contributed by atoms with Crippen LogP contribution < -0.4 is 0 Å². The second-order valence-corrected chi connectivity index (χ2v) is 6.00. The second-order valence-electron chi connectivity index (χ2n) is 5.08. The average molecular weight is 269 g/mol. The maximum atomic E-state index is 11.7. The van der Waals surface area contributed by atoms with Crippen molar-refractivity contribution in [2.75, 3.05) is 0 Å². The van der Waals surface area contributed by atoms with Crippen molar-refractivity contribution < 1.29 is 4.79 Å². The third kappa shape index (κ3) is 5.12. The van der Waals surface area contributed by atoms with Gasteiger partial charge in [0, 0.05) is 17.3 Å². The van der Waals surface area contributed by atoms with Gasteiger partial charge in [0.1, 0.15) is 5.78 Å². The fourth-order valence-corrected chi connectivity index (χ4v) is 1.75. The van der Waals surface area contributed by atoms with Crippen molar-refractivity contribution in [3.63, 3.8) is 0 Å². The molecule has 1 aromatic carbocycles. The summed E-state index contributed by atoms with van der Waals surface area (Å²) < 4.78 is 1.05. The highest BCUT2D eigenvalue weighted by Gasteiger charge is 2.15. The van der Waals surface area contributed by atoms with Gasteiger partial charge in [0.15, 0.2) is 0 Å². The van der Waals surface area contributed by atoms with Gasteiger partial charge in [0.05, 0.1) is 0 Å². The minimum atomic E-state index is 0.0897. The summed E-state index contributed by atoms with van der Waals surface area (Å²) in [5, 5.41) is 0. The molecule has 0 N–H and O–H groups in total. The highest BCUT2D eigenvalue weighted by atomic mass is 79.9. The van der Waals surface area contributed by atoms with Crippen LogP contribution in [0.25, 0.3) is 0 Å². The molecule has 0 spiro atoms. The van der Waals surface area contributed by atoms with Crippen LogP contribution in [0.1, 0.15) is 32.8 Å². The van der Waals surface area contributed by atoms with Crippen LogP contribution in [0.3, 0.4) is 0 Å². The summed E-state index contributed by atoms with van der Waals surface area (Å²) in [6, 6.07) is 7.93. The van der Waals surface area contributed by atoms with Crippen LogP contribution in [0.4, 0.5) is 0 Å². The molecule has 82 valence electrons. The third-order valence-corrected chi connectivity index (χ3v) is 2.57. The van der Waals surface area contributed by atoms with Gasteiger partial charge in [-0.1, -0.05) is 48.8 Å². The van der Waals surface area contributed by atoms with Crippen molar-refractivity contribution >= 4 is 21.7 Å². The summed E-state index contributed by atoms with van der Waals surface area (Å²) in [5.41, 5.74) is 1.18. The number of carbonyl (C=O) groups excluding carboxylic acids is 1. The molecule has 0 heterocycles. The summed E-state index contributed by atoms with van der Waals surface area (Å²) >= 11 is 3.38. The number of Topliss-reactive ketones (excluding diaryl/α,β-unsaturated/α-hetero) is 1. The summed E-state index contributed by atoms with van der Waals surface area (Å²) in [4.78, 5) is 11.7.